The van der Waals surface area contributed by atoms with Gasteiger partial charge < -0.3 is 19.0 Å². The standard InChI is InChI=1S/C30H25NO6/c1-18-16-19(2)29(35-3)23(17-18)27(32)25-26(24-10-7-15-36-24)31(30(34)28(25)33)20-11-13-22(14-12-20)37-21-8-5-4-6-9-21/h4-17,26,32H,1-3H3/b27-25-. The van der Waals surface area contributed by atoms with Crippen LogP contribution in [0, 0.1) is 13.8 Å². The van der Waals surface area contributed by atoms with E-state index in [4.69, 9.17) is 13.9 Å². The molecule has 7 nitrogen and oxygen atoms in total. The van der Waals surface area contributed by atoms with Crippen molar-refractivity contribution in [3.63, 3.8) is 0 Å². The van der Waals surface area contributed by atoms with Crippen molar-refractivity contribution in [3.05, 3.63) is 113 Å². The van der Waals surface area contributed by atoms with Crippen LogP contribution in [0.1, 0.15) is 28.5 Å². The Bertz CT molecular complexity index is 1490. The number of anilines is 1. The predicted octanol–water partition coefficient (Wildman–Crippen LogP) is 6.32. The molecular formula is C30H25NO6. The Morgan fingerprint density at radius 1 is 0.919 bits per heavy atom. The minimum atomic E-state index is -0.971. The summed E-state index contributed by atoms with van der Waals surface area (Å²) in [5.41, 5.74) is 2.38. The summed E-state index contributed by atoms with van der Waals surface area (Å²) in [5.74, 6) is 0.0982. The van der Waals surface area contributed by atoms with Crippen molar-refractivity contribution in [1.29, 1.82) is 0 Å². The van der Waals surface area contributed by atoms with Crippen LogP contribution >= 0.6 is 0 Å². The van der Waals surface area contributed by atoms with E-state index in [0.717, 1.165) is 11.1 Å². The maximum atomic E-state index is 13.4. The van der Waals surface area contributed by atoms with Gasteiger partial charge in [-0.25, -0.2) is 0 Å². The number of amides is 1. The summed E-state index contributed by atoms with van der Waals surface area (Å²) in [6.45, 7) is 3.73. The Labute approximate surface area is 214 Å². The van der Waals surface area contributed by atoms with Crippen LogP contribution in [0.2, 0.25) is 0 Å². The SMILES string of the molecule is COc1c(C)cc(C)cc1/C(O)=C1/C(=O)C(=O)N(c2ccc(Oc3ccccc3)cc2)C1c1ccco1. The highest BCUT2D eigenvalue weighted by Gasteiger charge is 2.48. The van der Waals surface area contributed by atoms with E-state index in [9.17, 15) is 14.7 Å². The van der Waals surface area contributed by atoms with Gasteiger partial charge in [0.1, 0.15) is 34.8 Å². The van der Waals surface area contributed by atoms with Crippen LogP contribution in [0.4, 0.5) is 5.69 Å². The van der Waals surface area contributed by atoms with Crippen LogP contribution in [0.5, 0.6) is 17.2 Å². The summed E-state index contributed by atoms with van der Waals surface area (Å²) in [7, 11) is 1.50. The fourth-order valence-electron chi connectivity index (χ4n) is 4.66. The van der Waals surface area contributed by atoms with Crippen LogP contribution in [0.3, 0.4) is 0 Å². The van der Waals surface area contributed by atoms with E-state index in [1.54, 1.807) is 42.5 Å². The molecule has 1 unspecified atom stereocenters. The fourth-order valence-corrected chi connectivity index (χ4v) is 4.66. The van der Waals surface area contributed by atoms with Crippen LogP contribution in [-0.4, -0.2) is 23.9 Å². The van der Waals surface area contributed by atoms with Gasteiger partial charge in [0.2, 0.25) is 0 Å². The quantitative estimate of drug-likeness (QED) is 0.191. The minimum absolute atomic E-state index is 0.0761. The minimum Gasteiger partial charge on any atom is -0.507 e. The molecule has 7 heteroatoms. The molecule has 0 saturated carbocycles. The molecule has 0 radical (unpaired) electrons. The van der Waals surface area contributed by atoms with Crippen molar-refractivity contribution in [2.45, 2.75) is 19.9 Å². The Balaban J connectivity index is 1.60. The lowest BCUT2D eigenvalue weighted by atomic mass is 9.96. The van der Waals surface area contributed by atoms with Gasteiger partial charge in [-0.3, -0.25) is 14.5 Å². The number of nitrogens with zero attached hydrogens (tertiary/aromatic N) is 1. The summed E-state index contributed by atoms with van der Waals surface area (Å²) >= 11 is 0. The van der Waals surface area contributed by atoms with E-state index in [2.05, 4.69) is 0 Å². The van der Waals surface area contributed by atoms with E-state index in [-0.39, 0.29) is 11.3 Å². The summed E-state index contributed by atoms with van der Waals surface area (Å²) in [6, 6.07) is 22.1. The molecule has 186 valence electrons. The average Bonchev–Trinajstić information content (AvgIpc) is 3.51. The van der Waals surface area contributed by atoms with Crippen LogP contribution in [0.25, 0.3) is 5.76 Å². The van der Waals surface area contributed by atoms with E-state index >= 15 is 0 Å². The van der Waals surface area contributed by atoms with Gasteiger partial charge >= 0.3 is 0 Å². The Hall–Kier alpha value is -4.78. The first-order chi connectivity index (χ1) is 17.9. The second-order valence-corrected chi connectivity index (χ2v) is 8.76. The number of aryl methyl sites for hydroxylation is 2. The van der Waals surface area contributed by atoms with Gasteiger partial charge in [-0.05, 0) is 79.6 Å². The highest BCUT2D eigenvalue weighted by Crippen LogP contribution is 2.44. The lowest BCUT2D eigenvalue weighted by Gasteiger charge is -2.24. The molecule has 1 atom stereocenters. The van der Waals surface area contributed by atoms with Gasteiger partial charge in [0.25, 0.3) is 11.7 Å². The first-order valence-electron chi connectivity index (χ1n) is 11.7. The zero-order valence-electron chi connectivity index (χ0n) is 20.6. The smallest absolute Gasteiger partial charge is 0.300 e. The number of rotatable bonds is 6. The molecule has 2 heterocycles. The number of aliphatic hydroxyl groups is 1. The number of methoxy groups -OCH3 is 1. The van der Waals surface area contributed by atoms with Gasteiger partial charge in [-0.15, -0.1) is 0 Å². The Morgan fingerprint density at radius 3 is 2.27 bits per heavy atom. The lowest BCUT2D eigenvalue weighted by Crippen LogP contribution is -2.29. The first kappa shape index (κ1) is 23.9. The molecule has 4 aromatic rings. The number of hydrogen-bond donors (Lipinski definition) is 1. The molecule has 1 aliphatic rings. The van der Waals surface area contributed by atoms with E-state index in [1.807, 2.05) is 50.2 Å². The zero-order chi connectivity index (χ0) is 26.1. The summed E-state index contributed by atoms with van der Waals surface area (Å²) in [6.07, 6.45) is 1.46. The van der Waals surface area contributed by atoms with Crippen molar-refractivity contribution in [1.82, 2.24) is 0 Å². The first-order valence-corrected chi connectivity index (χ1v) is 11.7. The normalized spacial score (nSPS) is 16.7. The molecular weight excluding hydrogens is 470 g/mol. The largest absolute Gasteiger partial charge is 0.507 e. The van der Waals surface area contributed by atoms with Crippen molar-refractivity contribution in [3.8, 4) is 17.2 Å². The van der Waals surface area contributed by atoms with Crippen molar-refractivity contribution >= 4 is 23.1 Å². The molecule has 5 rings (SSSR count). The monoisotopic (exact) mass is 495 g/mol. The summed E-state index contributed by atoms with van der Waals surface area (Å²) in [4.78, 5) is 28.0. The molecule has 0 aliphatic carbocycles. The Kier molecular flexibility index (Phi) is 6.27. The molecule has 1 aliphatic heterocycles. The van der Waals surface area contributed by atoms with E-state index in [1.165, 1.54) is 18.3 Å². The van der Waals surface area contributed by atoms with Crippen molar-refractivity contribution < 1.29 is 28.6 Å². The molecule has 1 N–H and O–H groups in total. The maximum Gasteiger partial charge on any atom is 0.300 e. The zero-order valence-corrected chi connectivity index (χ0v) is 20.6. The Morgan fingerprint density at radius 2 is 1.62 bits per heavy atom. The highest BCUT2D eigenvalue weighted by atomic mass is 16.5. The number of hydrogen-bond acceptors (Lipinski definition) is 6. The number of aliphatic hydroxyl groups excluding tert-OH is 1. The summed E-state index contributed by atoms with van der Waals surface area (Å²) < 4.78 is 17.0. The summed E-state index contributed by atoms with van der Waals surface area (Å²) in [5, 5.41) is 11.4. The molecule has 0 spiro atoms. The van der Waals surface area contributed by atoms with Gasteiger partial charge in [0.05, 0.1) is 24.5 Å². The second-order valence-electron chi connectivity index (χ2n) is 8.76. The molecule has 1 amide bonds. The number of furan rings is 1. The van der Waals surface area contributed by atoms with Crippen LogP contribution < -0.4 is 14.4 Å². The lowest BCUT2D eigenvalue weighted by molar-refractivity contribution is -0.132. The predicted molar refractivity (Wildman–Crippen MR) is 139 cm³/mol. The number of para-hydroxylation sites is 1. The number of Topliss-reactive ketones (excluding diaryl/α,β-unsaturated/α-hetero) is 1. The number of ketones is 1. The third kappa shape index (κ3) is 4.36. The van der Waals surface area contributed by atoms with E-state index in [0.29, 0.717) is 34.3 Å². The number of benzene rings is 3. The third-order valence-electron chi connectivity index (χ3n) is 6.23. The molecule has 37 heavy (non-hydrogen) atoms. The van der Waals surface area contributed by atoms with Gasteiger partial charge in [-0.1, -0.05) is 24.3 Å². The van der Waals surface area contributed by atoms with Crippen LogP contribution in [0.15, 0.2) is 95.1 Å². The van der Waals surface area contributed by atoms with Gasteiger partial charge in [0.15, 0.2) is 0 Å². The molecule has 3 aromatic carbocycles. The topological polar surface area (TPSA) is 89.2 Å². The molecule has 1 aromatic heterocycles. The average molecular weight is 496 g/mol. The number of carbonyl (C=O) groups is 2. The number of carbonyl (C=O) groups excluding carboxylic acids is 2. The highest BCUT2D eigenvalue weighted by molar-refractivity contribution is 6.51. The molecule has 1 saturated heterocycles. The maximum absolute atomic E-state index is 13.4. The third-order valence-corrected chi connectivity index (χ3v) is 6.23. The van der Waals surface area contributed by atoms with Crippen LogP contribution in [-0.2, 0) is 9.59 Å². The molecule has 0 bridgehead atoms. The van der Waals surface area contributed by atoms with E-state index < -0.39 is 17.7 Å². The number of ether oxygens (including phenoxy) is 2. The second kappa shape index (κ2) is 9.70. The van der Waals surface area contributed by atoms with Crippen molar-refractivity contribution in [2.24, 2.45) is 0 Å². The molecule has 1 fully saturated rings. The van der Waals surface area contributed by atoms with Gasteiger partial charge in [0, 0.05) is 5.69 Å². The van der Waals surface area contributed by atoms with Gasteiger partial charge in [-0.2, -0.15) is 0 Å². The van der Waals surface area contributed by atoms with Crippen molar-refractivity contribution in [2.75, 3.05) is 12.0 Å². The fraction of sp³-hybridized carbons (Fsp3) is 0.133.